The van der Waals surface area contributed by atoms with Crippen LogP contribution in [0.15, 0.2) is 18.2 Å². The minimum atomic E-state index is -1.36. The van der Waals surface area contributed by atoms with Crippen LogP contribution in [0.4, 0.5) is 5.69 Å². The predicted octanol–water partition coefficient (Wildman–Crippen LogP) is 0.945. The van der Waals surface area contributed by atoms with Crippen LogP contribution >= 0.6 is 0 Å². The number of methoxy groups -OCH3 is 1. The Balaban J connectivity index is 3.09. The molecule has 100 valence electrons. The van der Waals surface area contributed by atoms with Gasteiger partial charge in [0.15, 0.2) is 5.75 Å². The predicted molar refractivity (Wildman–Crippen MR) is 61.7 cm³/mol. The van der Waals surface area contributed by atoms with Crippen LogP contribution in [0.3, 0.4) is 0 Å². The van der Waals surface area contributed by atoms with Gasteiger partial charge in [0.2, 0.25) is 6.10 Å². The second kappa shape index (κ2) is 6.32. The van der Waals surface area contributed by atoms with Crippen LogP contribution in [0.2, 0.25) is 0 Å². The molecule has 1 N–H and O–H groups in total. The molecular formula is C11H10N2O6. The van der Waals surface area contributed by atoms with Crippen molar-refractivity contribution in [3.05, 3.63) is 33.9 Å². The van der Waals surface area contributed by atoms with Gasteiger partial charge in [0.25, 0.3) is 0 Å². The molecular weight excluding hydrogens is 256 g/mol. The number of benzene rings is 1. The molecule has 1 unspecified atom stereocenters. The SMILES string of the molecule is COCC(Oc1ccc(C#N)cc1[N+](=O)[O-])C(=O)O. The number of carbonyl (C=O) groups is 1. The summed E-state index contributed by atoms with van der Waals surface area (Å²) in [5.74, 6) is -1.53. The van der Waals surface area contributed by atoms with Gasteiger partial charge in [-0.15, -0.1) is 0 Å². The van der Waals surface area contributed by atoms with Crippen LogP contribution in [0.5, 0.6) is 5.75 Å². The van der Waals surface area contributed by atoms with Gasteiger partial charge >= 0.3 is 11.7 Å². The smallest absolute Gasteiger partial charge is 0.347 e. The molecule has 1 aromatic rings. The van der Waals surface area contributed by atoms with Crippen molar-refractivity contribution in [2.45, 2.75) is 6.10 Å². The number of nitro groups is 1. The number of nitrogens with zero attached hydrogens (tertiary/aromatic N) is 2. The maximum atomic E-state index is 10.9. The standard InChI is InChI=1S/C11H10N2O6/c1-18-6-10(11(14)15)19-9-3-2-7(5-12)4-8(9)13(16)17/h2-4,10H,6H2,1H3,(H,14,15). The van der Waals surface area contributed by atoms with E-state index in [-0.39, 0.29) is 17.9 Å². The molecule has 8 nitrogen and oxygen atoms in total. The molecule has 0 aliphatic carbocycles. The van der Waals surface area contributed by atoms with Gasteiger partial charge in [-0.3, -0.25) is 10.1 Å². The second-order valence-electron chi connectivity index (χ2n) is 3.45. The Kier molecular flexibility index (Phi) is 4.79. The Morgan fingerprint density at radius 3 is 2.79 bits per heavy atom. The normalized spacial score (nSPS) is 11.4. The van der Waals surface area contributed by atoms with E-state index in [1.165, 1.54) is 19.2 Å². The molecule has 0 amide bonds. The zero-order valence-corrected chi connectivity index (χ0v) is 9.90. The highest BCUT2D eigenvalue weighted by atomic mass is 16.6. The van der Waals surface area contributed by atoms with Crippen LogP contribution in [0.25, 0.3) is 0 Å². The maximum absolute atomic E-state index is 10.9. The lowest BCUT2D eigenvalue weighted by Gasteiger charge is -2.14. The number of rotatable bonds is 6. The van der Waals surface area contributed by atoms with E-state index in [2.05, 4.69) is 4.74 Å². The Bertz CT molecular complexity index is 536. The summed E-state index contributed by atoms with van der Waals surface area (Å²) in [4.78, 5) is 21.0. The van der Waals surface area contributed by atoms with Crippen molar-refractivity contribution < 1.29 is 24.3 Å². The lowest BCUT2D eigenvalue weighted by molar-refractivity contribution is -0.386. The molecule has 0 saturated heterocycles. The summed E-state index contributed by atoms with van der Waals surface area (Å²) in [6, 6.07) is 5.25. The first-order valence-electron chi connectivity index (χ1n) is 5.06. The summed E-state index contributed by atoms with van der Waals surface area (Å²) in [7, 11) is 1.28. The molecule has 8 heteroatoms. The lowest BCUT2D eigenvalue weighted by Crippen LogP contribution is -2.31. The van der Waals surface area contributed by atoms with Crippen molar-refractivity contribution in [3.63, 3.8) is 0 Å². The quantitative estimate of drug-likeness (QED) is 0.600. The zero-order chi connectivity index (χ0) is 14.4. The topological polar surface area (TPSA) is 123 Å². The van der Waals surface area contributed by atoms with E-state index in [1.54, 1.807) is 6.07 Å². The van der Waals surface area contributed by atoms with Crippen molar-refractivity contribution in [3.8, 4) is 11.8 Å². The zero-order valence-electron chi connectivity index (χ0n) is 9.90. The largest absolute Gasteiger partial charge is 0.478 e. The van der Waals surface area contributed by atoms with Crippen LogP contribution < -0.4 is 4.74 Å². The van der Waals surface area contributed by atoms with E-state index in [4.69, 9.17) is 15.1 Å². The highest BCUT2D eigenvalue weighted by molar-refractivity contribution is 5.73. The van der Waals surface area contributed by atoms with E-state index in [0.717, 1.165) is 6.07 Å². The van der Waals surface area contributed by atoms with Crippen LogP contribution in [-0.4, -0.2) is 35.8 Å². The molecule has 0 spiro atoms. The number of hydrogen-bond donors (Lipinski definition) is 1. The third-order valence-electron chi connectivity index (χ3n) is 2.15. The molecule has 1 atom stereocenters. The van der Waals surface area contributed by atoms with Crippen LogP contribution in [0, 0.1) is 21.4 Å². The number of hydrogen-bond acceptors (Lipinski definition) is 6. The van der Waals surface area contributed by atoms with Gasteiger partial charge in [-0.1, -0.05) is 0 Å². The van der Waals surface area contributed by atoms with Crippen LogP contribution in [0.1, 0.15) is 5.56 Å². The Morgan fingerprint density at radius 2 is 2.32 bits per heavy atom. The molecule has 19 heavy (non-hydrogen) atoms. The Hall–Kier alpha value is -2.66. The maximum Gasteiger partial charge on any atom is 0.347 e. The first kappa shape index (κ1) is 14.4. The van der Waals surface area contributed by atoms with Gasteiger partial charge < -0.3 is 14.6 Å². The third kappa shape index (κ3) is 3.65. The monoisotopic (exact) mass is 266 g/mol. The molecule has 0 fully saturated rings. The van der Waals surface area contributed by atoms with Crippen molar-refractivity contribution in [2.75, 3.05) is 13.7 Å². The first-order valence-corrected chi connectivity index (χ1v) is 5.06. The summed E-state index contributed by atoms with van der Waals surface area (Å²) >= 11 is 0. The second-order valence-corrected chi connectivity index (χ2v) is 3.45. The van der Waals surface area contributed by atoms with Crippen molar-refractivity contribution >= 4 is 11.7 Å². The molecule has 0 aliphatic heterocycles. The molecule has 0 bridgehead atoms. The fourth-order valence-electron chi connectivity index (χ4n) is 1.29. The van der Waals surface area contributed by atoms with E-state index >= 15 is 0 Å². The molecule has 0 saturated carbocycles. The Labute approximate surface area is 107 Å². The van der Waals surface area contributed by atoms with Crippen molar-refractivity contribution in [1.29, 1.82) is 5.26 Å². The fourth-order valence-corrected chi connectivity index (χ4v) is 1.29. The molecule has 1 aromatic carbocycles. The first-order chi connectivity index (χ1) is 8.99. The fraction of sp³-hybridized carbons (Fsp3) is 0.273. The van der Waals surface area contributed by atoms with Gasteiger partial charge in [-0.05, 0) is 12.1 Å². The number of ether oxygens (including phenoxy) is 2. The van der Waals surface area contributed by atoms with Gasteiger partial charge in [0, 0.05) is 13.2 Å². The van der Waals surface area contributed by atoms with Gasteiger partial charge in [-0.2, -0.15) is 5.26 Å². The Morgan fingerprint density at radius 1 is 1.63 bits per heavy atom. The van der Waals surface area contributed by atoms with Crippen molar-refractivity contribution in [2.24, 2.45) is 0 Å². The number of carboxylic acid groups (broad SMARTS) is 1. The molecule has 0 aromatic heterocycles. The molecule has 0 heterocycles. The molecule has 0 radical (unpaired) electrons. The van der Waals surface area contributed by atoms with E-state index < -0.39 is 22.7 Å². The summed E-state index contributed by atoms with van der Waals surface area (Å²) in [6.45, 7) is -0.257. The minimum Gasteiger partial charge on any atom is -0.478 e. The number of carboxylic acids is 1. The van der Waals surface area contributed by atoms with Crippen molar-refractivity contribution in [1.82, 2.24) is 0 Å². The highest BCUT2D eigenvalue weighted by Crippen LogP contribution is 2.28. The summed E-state index contributed by atoms with van der Waals surface area (Å²) in [5.41, 5.74) is -0.390. The summed E-state index contributed by atoms with van der Waals surface area (Å²) < 4.78 is 9.69. The van der Waals surface area contributed by atoms with Gasteiger partial charge in [0.1, 0.15) is 0 Å². The van der Waals surface area contributed by atoms with Crippen LogP contribution in [-0.2, 0) is 9.53 Å². The third-order valence-corrected chi connectivity index (χ3v) is 2.15. The van der Waals surface area contributed by atoms with Gasteiger partial charge in [0.05, 0.1) is 23.2 Å². The summed E-state index contributed by atoms with van der Waals surface area (Å²) in [5, 5.41) is 28.4. The highest BCUT2D eigenvalue weighted by Gasteiger charge is 2.24. The van der Waals surface area contributed by atoms with E-state index in [1.807, 2.05) is 0 Å². The average molecular weight is 266 g/mol. The number of aliphatic carboxylic acids is 1. The molecule has 1 rings (SSSR count). The average Bonchev–Trinajstić information content (AvgIpc) is 2.38. The molecule has 0 aliphatic rings. The van der Waals surface area contributed by atoms with E-state index in [0.29, 0.717) is 0 Å². The van der Waals surface area contributed by atoms with E-state index in [9.17, 15) is 14.9 Å². The number of nitriles is 1. The lowest BCUT2D eigenvalue weighted by atomic mass is 10.2. The summed E-state index contributed by atoms with van der Waals surface area (Å²) in [6.07, 6.45) is -1.36. The van der Waals surface area contributed by atoms with Gasteiger partial charge in [-0.25, -0.2) is 4.79 Å². The number of nitro benzene ring substituents is 1. The minimum absolute atomic E-state index is 0.0812.